The van der Waals surface area contributed by atoms with E-state index in [-0.39, 0.29) is 0 Å². The van der Waals surface area contributed by atoms with Crippen LogP contribution in [0.5, 0.6) is 0 Å². The van der Waals surface area contributed by atoms with E-state index < -0.39 is 0 Å². The van der Waals surface area contributed by atoms with Crippen LogP contribution in [0.4, 0.5) is 0 Å². The third-order valence-corrected chi connectivity index (χ3v) is 2.97. The van der Waals surface area contributed by atoms with Crippen molar-refractivity contribution >= 4 is 22.9 Å². The first-order valence-electron chi connectivity index (χ1n) is 3.77. The van der Waals surface area contributed by atoms with Crippen LogP contribution in [0.2, 0.25) is 5.15 Å². The standard InChI is InChI=1S/C9H4ClN3S/c10-9-7(4-12-5-13-9)8-2-1-6(3-11)14-8/h1-2,4-5H. The average Bonchev–Trinajstić information content (AvgIpc) is 2.67. The predicted octanol–water partition coefficient (Wildman–Crippen LogP) is 2.73. The van der Waals surface area contributed by atoms with Gasteiger partial charge in [-0.3, -0.25) is 0 Å². The van der Waals surface area contributed by atoms with Gasteiger partial charge in [-0.05, 0) is 12.1 Å². The Morgan fingerprint density at radius 2 is 2.29 bits per heavy atom. The Labute approximate surface area is 89.6 Å². The van der Waals surface area contributed by atoms with E-state index in [4.69, 9.17) is 16.9 Å². The highest BCUT2D eigenvalue weighted by atomic mass is 35.5. The van der Waals surface area contributed by atoms with Crippen LogP contribution in [0.3, 0.4) is 0 Å². The highest BCUT2D eigenvalue weighted by Crippen LogP contribution is 2.30. The Morgan fingerprint density at radius 3 is 2.93 bits per heavy atom. The van der Waals surface area contributed by atoms with Crippen LogP contribution in [0.15, 0.2) is 24.7 Å². The third-order valence-electron chi connectivity index (χ3n) is 1.65. The van der Waals surface area contributed by atoms with Gasteiger partial charge >= 0.3 is 0 Å². The number of hydrogen-bond donors (Lipinski definition) is 0. The topological polar surface area (TPSA) is 49.6 Å². The maximum Gasteiger partial charge on any atom is 0.141 e. The first-order chi connectivity index (χ1) is 6.81. The Kier molecular flexibility index (Phi) is 2.44. The number of aromatic nitrogens is 2. The molecule has 0 unspecified atom stereocenters. The Hall–Kier alpha value is -1.44. The zero-order valence-electron chi connectivity index (χ0n) is 6.94. The fourth-order valence-corrected chi connectivity index (χ4v) is 2.09. The Morgan fingerprint density at radius 1 is 1.43 bits per heavy atom. The number of hydrogen-bond acceptors (Lipinski definition) is 4. The van der Waals surface area contributed by atoms with Gasteiger partial charge in [0.2, 0.25) is 0 Å². The lowest BCUT2D eigenvalue weighted by molar-refractivity contribution is 1.17. The highest BCUT2D eigenvalue weighted by molar-refractivity contribution is 7.16. The zero-order valence-corrected chi connectivity index (χ0v) is 8.51. The molecule has 2 heterocycles. The summed E-state index contributed by atoms with van der Waals surface area (Å²) in [7, 11) is 0. The van der Waals surface area contributed by atoms with Gasteiger partial charge in [-0.15, -0.1) is 11.3 Å². The fourth-order valence-electron chi connectivity index (χ4n) is 1.02. The van der Waals surface area contributed by atoms with Crippen molar-refractivity contribution in [3.05, 3.63) is 34.7 Å². The van der Waals surface area contributed by atoms with Gasteiger partial charge in [0.1, 0.15) is 22.4 Å². The lowest BCUT2D eigenvalue weighted by atomic mass is 10.3. The minimum Gasteiger partial charge on any atom is -0.244 e. The summed E-state index contributed by atoms with van der Waals surface area (Å²) in [6.45, 7) is 0. The van der Waals surface area contributed by atoms with Gasteiger partial charge < -0.3 is 0 Å². The minimum absolute atomic E-state index is 0.409. The van der Waals surface area contributed by atoms with E-state index in [0.29, 0.717) is 10.0 Å². The molecule has 14 heavy (non-hydrogen) atoms. The lowest BCUT2D eigenvalue weighted by Crippen LogP contribution is -1.81. The van der Waals surface area contributed by atoms with Crippen molar-refractivity contribution in [3.8, 4) is 16.5 Å². The van der Waals surface area contributed by atoms with Crippen molar-refractivity contribution in [3.63, 3.8) is 0 Å². The second kappa shape index (κ2) is 3.74. The largest absolute Gasteiger partial charge is 0.244 e. The first kappa shape index (κ1) is 9.13. The summed E-state index contributed by atoms with van der Waals surface area (Å²) in [4.78, 5) is 9.32. The summed E-state index contributed by atoms with van der Waals surface area (Å²) < 4.78 is 0. The molecule has 0 fully saturated rings. The molecule has 0 saturated heterocycles. The molecule has 0 saturated carbocycles. The number of rotatable bonds is 1. The first-order valence-corrected chi connectivity index (χ1v) is 4.96. The summed E-state index contributed by atoms with van der Waals surface area (Å²) in [6.07, 6.45) is 3.03. The molecule has 0 atom stereocenters. The molecule has 0 aliphatic carbocycles. The van der Waals surface area contributed by atoms with E-state index in [0.717, 1.165) is 10.4 Å². The van der Waals surface area contributed by atoms with E-state index in [9.17, 15) is 0 Å². The molecular formula is C9H4ClN3S. The van der Waals surface area contributed by atoms with Crippen LogP contribution in [0.1, 0.15) is 4.88 Å². The van der Waals surface area contributed by atoms with Gasteiger partial charge in [0.05, 0.1) is 0 Å². The van der Waals surface area contributed by atoms with E-state index in [1.165, 1.54) is 17.7 Å². The van der Waals surface area contributed by atoms with Crippen LogP contribution >= 0.6 is 22.9 Å². The molecule has 2 rings (SSSR count). The maximum absolute atomic E-state index is 8.66. The van der Waals surface area contributed by atoms with E-state index >= 15 is 0 Å². The van der Waals surface area contributed by atoms with Crippen molar-refractivity contribution in [2.75, 3.05) is 0 Å². The van der Waals surface area contributed by atoms with E-state index in [1.54, 1.807) is 12.3 Å². The summed E-state index contributed by atoms with van der Waals surface area (Å²) in [6, 6.07) is 5.67. The number of nitriles is 1. The Balaban J connectivity index is 2.51. The molecule has 2 aromatic heterocycles. The number of nitrogens with zero attached hydrogens (tertiary/aromatic N) is 3. The molecule has 3 nitrogen and oxygen atoms in total. The van der Waals surface area contributed by atoms with Crippen molar-refractivity contribution < 1.29 is 0 Å². The number of halogens is 1. The second-order valence-corrected chi connectivity index (χ2v) is 3.94. The normalized spacial score (nSPS) is 9.71. The highest BCUT2D eigenvalue weighted by Gasteiger charge is 2.07. The van der Waals surface area contributed by atoms with Crippen molar-refractivity contribution in [2.45, 2.75) is 0 Å². The molecular weight excluding hydrogens is 218 g/mol. The molecule has 0 amide bonds. The molecule has 0 spiro atoms. The van der Waals surface area contributed by atoms with Gasteiger partial charge in [0, 0.05) is 16.6 Å². The van der Waals surface area contributed by atoms with Crippen molar-refractivity contribution in [2.24, 2.45) is 0 Å². The summed E-state index contributed by atoms with van der Waals surface area (Å²) >= 11 is 7.26. The monoisotopic (exact) mass is 221 g/mol. The molecule has 2 aromatic rings. The second-order valence-electron chi connectivity index (χ2n) is 2.50. The van der Waals surface area contributed by atoms with E-state index in [2.05, 4.69) is 16.0 Å². The summed E-state index contributed by atoms with van der Waals surface area (Å²) in [5, 5.41) is 9.07. The lowest BCUT2D eigenvalue weighted by Gasteiger charge is -1.96. The molecule has 0 aliphatic rings. The van der Waals surface area contributed by atoms with Gasteiger partial charge in [-0.1, -0.05) is 11.6 Å². The molecule has 68 valence electrons. The SMILES string of the molecule is N#Cc1ccc(-c2cncnc2Cl)s1. The van der Waals surface area contributed by atoms with Crippen LogP contribution in [-0.2, 0) is 0 Å². The van der Waals surface area contributed by atoms with Crippen LogP contribution < -0.4 is 0 Å². The van der Waals surface area contributed by atoms with Crippen LogP contribution in [0.25, 0.3) is 10.4 Å². The molecule has 0 aromatic carbocycles. The van der Waals surface area contributed by atoms with Crippen molar-refractivity contribution in [1.82, 2.24) is 9.97 Å². The predicted molar refractivity (Wildman–Crippen MR) is 55.1 cm³/mol. The zero-order chi connectivity index (χ0) is 9.97. The van der Waals surface area contributed by atoms with Gasteiger partial charge in [0.25, 0.3) is 0 Å². The van der Waals surface area contributed by atoms with Gasteiger partial charge in [-0.25, -0.2) is 9.97 Å². The van der Waals surface area contributed by atoms with Gasteiger partial charge in [0.15, 0.2) is 0 Å². The molecule has 0 radical (unpaired) electrons. The van der Waals surface area contributed by atoms with Crippen LogP contribution in [0, 0.1) is 11.3 Å². The maximum atomic E-state index is 8.66. The fraction of sp³-hybridized carbons (Fsp3) is 0. The van der Waals surface area contributed by atoms with Crippen molar-refractivity contribution in [1.29, 1.82) is 5.26 Å². The molecule has 5 heteroatoms. The minimum atomic E-state index is 0.409. The smallest absolute Gasteiger partial charge is 0.141 e. The van der Waals surface area contributed by atoms with Crippen LogP contribution in [-0.4, -0.2) is 9.97 Å². The van der Waals surface area contributed by atoms with E-state index in [1.807, 2.05) is 6.07 Å². The number of thiophene rings is 1. The summed E-state index contributed by atoms with van der Waals surface area (Å²) in [5.41, 5.74) is 0.765. The van der Waals surface area contributed by atoms with Gasteiger partial charge in [-0.2, -0.15) is 5.26 Å². The quantitative estimate of drug-likeness (QED) is 0.696. The molecule has 0 bridgehead atoms. The molecule has 0 aliphatic heterocycles. The third kappa shape index (κ3) is 1.60. The average molecular weight is 222 g/mol. The summed E-state index contributed by atoms with van der Waals surface area (Å²) in [5.74, 6) is 0. The molecule has 0 N–H and O–H groups in total. The Bertz CT molecular complexity index is 501.